The van der Waals surface area contributed by atoms with Gasteiger partial charge in [-0.15, -0.1) is 0 Å². The molecule has 0 bridgehead atoms. The first-order valence-corrected chi connectivity index (χ1v) is 6.52. The lowest BCUT2D eigenvalue weighted by atomic mass is 9.93. The summed E-state index contributed by atoms with van der Waals surface area (Å²) in [5, 5.41) is 4.74. The third kappa shape index (κ3) is 5.01. The second-order valence-corrected chi connectivity index (χ2v) is 4.66. The van der Waals surface area contributed by atoms with Crippen LogP contribution in [-0.4, -0.2) is 36.7 Å². The largest absolute Gasteiger partial charge is 0.365 e. The first-order valence-electron chi connectivity index (χ1n) is 6.52. The first-order chi connectivity index (χ1) is 8.52. The van der Waals surface area contributed by atoms with Crippen molar-refractivity contribution in [1.29, 1.82) is 0 Å². The second-order valence-electron chi connectivity index (χ2n) is 4.66. The highest BCUT2D eigenvalue weighted by atomic mass is 16.5. The van der Waals surface area contributed by atoms with Crippen LogP contribution in [0.5, 0.6) is 0 Å². The highest BCUT2D eigenvalue weighted by Gasteiger charge is 2.24. The monoisotopic (exact) mass is 257 g/mol. The molecule has 1 atom stereocenters. The lowest BCUT2D eigenvalue weighted by molar-refractivity contribution is -0.135. The van der Waals surface area contributed by atoms with Crippen LogP contribution < -0.4 is 16.4 Å². The fourth-order valence-electron chi connectivity index (χ4n) is 1.99. The summed E-state index contributed by atoms with van der Waals surface area (Å²) in [6.07, 6.45) is 3.05. The van der Waals surface area contributed by atoms with E-state index in [-0.39, 0.29) is 12.1 Å². The van der Waals surface area contributed by atoms with Gasteiger partial charge < -0.3 is 15.8 Å². The zero-order valence-corrected chi connectivity index (χ0v) is 11.1. The summed E-state index contributed by atoms with van der Waals surface area (Å²) in [4.78, 5) is 22.8. The Morgan fingerprint density at radius 2 is 1.94 bits per heavy atom. The van der Waals surface area contributed by atoms with Gasteiger partial charge in [0, 0.05) is 12.6 Å². The smallest absolute Gasteiger partial charge is 0.321 e. The fourth-order valence-corrected chi connectivity index (χ4v) is 1.99. The molecule has 0 aromatic rings. The Labute approximate surface area is 108 Å². The number of hydrogen-bond acceptors (Lipinski definition) is 4. The minimum atomic E-state index is -0.619. The Morgan fingerprint density at radius 3 is 2.50 bits per heavy atom. The quantitative estimate of drug-likeness (QED) is 0.684. The van der Waals surface area contributed by atoms with Crippen LogP contribution in [0.3, 0.4) is 0 Å². The molecule has 0 heterocycles. The van der Waals surface area contributed by atoms with Crippen molar-refractivity contribution in [3.8, 4) is 0 Å². The van der Waals surface area contributed by atoms with Gasteiger partial charge in [-0.05, 0) is 39.5 Å². The maximum atomic E-state index is 11.6. The number of hydrogen-bond donors (Lipinski definition) is 3. The van der Waals surface area contributed by atoms with Gasteiger partial charge in [-0.1, -0.05) is 0 Å². The summed E-state index contributed by atoms with van der Waals surface area (Å²) in [6.45, 7) is 3.92. The molecule has 3 amide bonds. The van der Waals surface area contributed by atoms with Crippen molar-refractivity contribution in [3.05, 3.63) is 0 Å². The maximum absolute atomic E-state index is 11.6. The number of ether oxygens (including phenoxy) is 1. The Hall–Kier alpha value is -1.14. The van der Waals surface area contributed by atoms with Gasteiger partial charge in [0.25, 0.3) is 5.91 Å². The summed E-state index contributed by atoms with van der Waals surface area (Å²) < 4.78 is 5.63. The molecule has 1 aliphatic rings. The van der Waals surface area contributed by atoms with E-state index in [4.69, 9.17) is 10.5 Å². The van der Waals surface area contributed by atoms with E-state index in [2.05, 4.69) is 10.6 Å². The van der Waals surface area contributed by atoms with Crippen molar-refractivity contribution in [3.63, 3.8) is 0 Å². The van der Waals surface area contributed by atoms with Crippen molar-refractivity contribution >= 4 is 11.9 Å². The summed E-state index contributed by atoms with van der Waals surface area (Å²) in [7, 11) is 0. The SMILES string of the molecule is CCNC(=O)NC(=O)C(C)OC1CCC(N)CC1. The third-order valence-electron chi connectivity index (χ3n) is 3.06. The van der Waals surface area contributed by atoms with Crippen LogP contribution in [0.4, 0.5) is 4.79 Å². The predicted octanol–water partition coefficient (Wildman–Crippen LogP) is 0.507. The number of imide groups is 1. The molecular weight excluding hydrogens is 234 g/mol. The average molecular weight is 257 g/mol. The van der Waals surface area contributed by atoms with Gasteiger partial charge in [-0.2, -0.15) is 0 Å². The number of nitrogens with one attached hydrogen (secondary N) is 2. The first kappa shape index (κ1) is 14.9. The summed E-state index contributed by atoms with van der Waals surface area (Å²) in [5.41, 5.74) is 5.80. The normalized spacial score (nSPS) is 25.3. The van der Waals surface area contributed by atoms with Crippen molar-refractivity contribution in [2.75, 3.05) is 6.54 Å². The Morgan fingerprint density at radius 1 is 1.33 bits per heavy atom. The fraction of sp³-hybridized carbons (Fsp3) is 0.833. The number of carbonyl (C=O) groups is 2. The molecule has 1 saturated carbocycles. The number of carbonyl (C=O) groups excluding carboxylic acids is 2. The number of amides is 3. The van der Waals surface area contributed by atoms with Crippen LogP contribution in [0, 0.1) is 0 Å². The highest BCUT2D eigenvalue weighted by Crippen LogP contribution is 2.20. The summed E-state index contributed by atoms with van der Waals surface area (Å²) in [6, 6.07) is -0.229. The van der Waals surface area contributed by atoms with E-state index in [0.717, 1.165) is 25.7 Å². The molecule has 0 spiro atoms. The molecule has 1 fully saturated rings. The standard InChI is InChI=1S/C12H23N3O3/c1-3-14-12(17)15-11(16)8(2)18-10-6-4-9(13)5-7-10/h8-10H,3-7,13H2,1-2H3,(H2,14,15,16,17). The lowest BCUT2D eigenvalue weighted by Gasteiger charge is -2.28. The van der Waals surface area contributed by atoms with E-state index in [1.165, 1.54) is 0 Å². The maximum Gasteiger partial charge on any atom is 0.321 e. The van der Waals surface area contributed by atoms with Gasteiger partial charge >= 0.3 is 6.03 Å². The Bertz CT molecular complexity index is 288. The molecular formula is C12H23N3O3. The van der Waals surface area contributed by atoms with Gasteiger partial charge in [-0.25, -0.2) is 4.79 Å². The van der Waals surface area contributed by atoms with Gasteiger partial charge in [0.15, 0.2) is 0 Å². The van der Waals surface area contributed by atoms with E-state index in [1.54, 1.807) is 13.8 Å². The van der Waals surface area contributed by atoms with Crippen molar-refractivity contribution < 1.29 is 14.3 Å². The van der Waals surface area contributed by atoms with E-state index in [1.807, 2.05) is 0 Å². The molecule has 0 aromatic carbocycles. The van der Waals surface area contributed by atoms with Gasteiger partial charge in [-0.3, -0.25) is 10.1 Å². The van der Waals surface area contributed by atoms with Crippen LogP contribution in [0.25, 0.3) is 0 Å². The topological polar surface area (TPSA) is 93.5 Å². The van der Waals surface area contributed by atoms with Crippen LogP contribution in [0.2, 0.25) is 0 Å². The molecule has 0 saturated heterocycles. The van der Waals surface area contributed by atoms with Crippen LogP contribution in [0.1, 0.15) is 39.5 Å². The molecule has 18 heavy (non-hydrogen) atoms. The summed E-state index contributed by atoms with van der Waals surface area (Å²) in [5.74, 6) is -0.407. The van der Waals surface area contributed by atoms with Crippen LogP contribution >= 0.6 is 0 Å². The third-order valence-corrected chi connectivity index (χ3v) is 3.06. The molecule has 6 nitrogen and oxygen atoms in total. The van der Waals surface area contributed by atoms with Gasteiger partial charge in [0.1, 0.15) is 6.10 Å². The van der Waals surface area contributed by atoms with Crippen molar-refractivity contribution in [1.82, 2.24) is 10.6 Å². The van der Waals surface area contributed by atoms with E-state index < -0.39 is 18.0 Å². The molecule has 104 valence electrons. The summed E-state index contributed by atoms with van der Waals surface area (Å²) >= 11 is 0. The molecule has 1 rings (SSSR count). The van der Waals surface area contributed by atoms with Crippen molar-refractivity contribution in [2.24, 2.45) is 5.73 Å². The molecule has 1 aliphatic carbocycles. The average Bonchev–Trinajstić information content (AvgIpc) is 2.32. The highest BCUT2D eigenvalue weighted by molar-refractivity contribution is 5.96. The van der Waals surface area contributed by atoms with E-state index in [0.29, 0.717) is 6.54 Å². The van der Waals surface area contributed by atoms with Crippen molar-refractivity contribution in [2.45, 2.75) is 57.8 Å². The molecule has 0 aromatic heterocycles. The molecule has 6 heteroatoms. The Balaban J connectivity index is 2.29. The minimum Gasteiger partial charge on any atom is -0.365 e. The lowest BCUT2D eigenvalue weighted by Crippen LogP contribution is -2.45. The number of nitrogens with two attached hydrogens (primary N) is 1. The van der Waals surface area contributed by atoms with Gasteiger partial charge in [0.2, 0.25) is 0 Å². The van der Waals surface area contributed by atoms with Crippen LogP contribution in [-0.2, 0) is 9.53 Å². The molecule has 0 radical (unpaired) electrons. The Kier molecular flexibility index (Phi) is 6.07. The second kappa shape index (κ2) is 7.33. The molecule has 4 N–H and O–H groups in total. The number of rotatable bonds is 4. The van der Waals surface area contributed by atoms with E-state index >= 15 is 0 Å². The van der Waals surface area contributed by atoms with Crippen LogP contribution in [0.15, 0.2) is 0 Å². The minimum absolute atomic E-state index is 0.0692. The van der Waals surface area contributed by atoms with E-state index in [9.17, 15) is 9.59 Å². The number of urea groups is 1. The predicted molar refractivity (Wildman–Crippen MR) is 68.0 cm³/mol. The zero-order valence-electron chi connectivity index (χ0n) is 11.1. The molecule has 1 unspecified atom stereocenters. The molecule has 0 aliphatic heterocycles. The zero-order chi connectivity index (χ0) is 13.5. The van der Waals surface area contributed by atoms with Gasteiger partial charge in [0.05, 0.1) is 6.10 Å².